The summed E-state index contributed by atoms with van der Waals surface area (Å²) in [6.07, 6.45) is -23.9. The molecule has 3 aliphatic rings. The van der Waals surface area contributed by atoms with Crippen LogP contribution in [-0.4, -0.2) is 177 Å². The summed E-state index contributed by atoms with van der Waals surface area (Å²) in [6, 6.07) is 0. The van der Waals surface area contributed by atoms with Gasteiger partial charge in [-0.15, -0.1) is 0 Å². The molecule has 15 atom stereocenters. The van der Waals surface area contributed by atoms with Crippen molar-refractivity contribution < 1.29 is 119 Å². The molecule has 0 aromatic rings. The highest BCUT2D eigenvalue weighted by Gasteiger charge is 2.60. The van der Waals surface area contributed by atoms with Gasteiger partial charge in [0.15, 0.2) is 60.7 Å². The highest BCUT2D eigenvalue weighted by atomic mass is 33.1. The Labute approximate surface area is 392 Å². The number of ether oxygens (including phenoxy) is 15. The van der Waals surface area contributed by atoms with E-state index < -0.39 is 171 Å². The predicted octanol–water partition coefficient (Wildman–Crippen LogP) is 0.544. The first-order valence-corrected chi connectivity index (χ1v) is 23.0. The fraction of sp³-hybridized carbons (Fsp3) is 0.750. The third-order valence-corrected chi connectivity index (χ3v) is 11.7. The van der Waals surface area contributed by atoms with Crippen LogP contribution in [0.15, 0.2) is 0 Å². The largest absolute Gasteiger partial charge is 0.463 e. The van der Waals surface area contributed by atoms with Gasteiger partial charge in [-0.2, -0.15) is 0 Å². The smallest absolute Gasteiger partial charge is 0.303 e. The first kappa shape index (κ1) is 56.5. The van der Waals surface area contributed by atoms with Gasteiger partial charge in [-0.1, -0.05) is 28.5 Å². The molecule has 0 aliphatic carbocycles. The van der Waals surface area contributed by atoms with E-state index in [1.807, 2.05) is 6.92 Å². The van der Waals surface area contributed by atoms with Crippen LogP contribution in [0.25, 0.3) is 0 Å². The normalized spacial score (nSPS) is 31.4. The molecule has 3 heterocycles. The van der Waals surface area contributed by atoms with Crippen LogP contribution >= 0.6 is 21.6 Å². The van der Waals surface area contributed by atoms with Crippen LogP contribution in [0.4, 0.5) is 0 Å². The van der Waals surface area contributed by atoms with E-state index >= 15 is 0 Å². The molecule has 3 rings (SSSR count). The van der Waals surface area contributed by atoms with Gasteiger partial charge in [0.05, 0.1) is 0 Å². The number of carbonyl (C=O) groups is 10. The van der Waals surface area contributed by atoms with Crippen molar-refractivity contribution in [3.05, 3.63) is 0 Å². The van der Waals surface area contributed by atoms with Gasteiger partial charge in [0.2, 0.25) is 0 Å². The lowest BCUT2D eigenvalue weighted by molar-refractivity contribution is -0.372. The molecule has 27 heteroatoms. The minimum atomic E-state index is -1.96. The highest BCUT2D eigenvalue weighted by molar-refractivity contribution is 8.76. The Kier molecular flexibility index (Phi) is 22.5. The average molecular weight is 1000 g/mol. The molecule has 0 aromatic carbocycles. The fourth-order valence-electron chi connectivity index (χ4n) is 6.97. The Balaban J connectivity index is 2.30. The molecule has 25 nitrogen and oxygen atoms in total. The molecular formula is C40H56O25S2. The molecule has 3 fully saturated rings. The van der Waals surface area contributed by atoms with Gasteiger partial charge >= 0.3 is 59.7 Å². The molecule has 3 saturated heterocycles. The summed E-state index contributed by atoms with van der Waals surface area (Å²) < 4.78 is 86.6. The number of carbonyl (C=O) groups excluding carboxylic acids is 10. The summed E-state index contributed by atoms with van der Waals surface area (Å²) >= 11 is 0. The molecule has 0 bridgehead atoms. The van der Waals surface area contributed by atoms with Gasteiger partial charge in [-0.05, 0) is 0 Å². The van der Waals surface area contributed by atoms with Crippen molar-refractivity contribution >= 4 is 81.3 Å². The van der Waals surface area contributed by atoms with E-state index in [0.717, 1.165) is 80.0 Å². The van der Waals surface area contributed by atoms with Gasteiger partial charge in [0.1, 0.15) is 50.3 Å². The van der Waals surface area contributed by atoms with Gasteiger partial charge < -0.3 is 71.1 Å². The SMILES string of the molecule is CCSS[C@@H]1O[C@H](COC(C)=O)[C@H](O[C@H]2O[C@H](COC(C)=O)[C@@H](O[C@H]3O[C@H](COC(C)=O)[C@@H](OC(C)=O)[C@H](OC(C)=O)[C@H]3OC(C)=O)[C@H](OC(C)=O)[C@H]2OC(C)=O)[C@H](OC(C)=O)[C@H]1OC(C)=O. The van der Waals surface area contributed by atoms with Gasteiger partial charge in [0.25, 0.3) is 0 Å². The van der Waals surface area contributed by atoms with Crippen molar-refractivity contribution in [3.8, 4) is 0 Å². The summed E-state index contributed by atoms with van der Waals surface area (Å²) in [6.45, 7) is 10.1. The van der Waals surface area contributed by atoms with E-state index in [4.69, 9.17) is 71.1 Å². The molecule has 67 heavy (non-hydrogen) atoms. The number of hydrogen-bond acceptors (Lipinski definition) is 27. The van der Waals surface area contributed by atoms with E-state index in [1.165, 1.54) is 10.8 Å². The van der Waals surface area contributed by atoms with Gasteiger partial charge in [-0.3, -0.25) is 47.9 Å². The Morgan fingerprint density at radius 1 is 0.358 bits per heavy atom. The maximum Gasteiger partial charge on any atom is 0.303 e. The lowest BCUT2D eigenvalue weighted by atomic mass is 9.95. The molecular weight excluding hydrogens is 945 g/mol. The van der Waals surface area contributed by atoms with Crippen molar-refractivity contribution in [3.63, 3.8) is 0 Å². The van der Waals surface area contributed by atoms with Crippen LogP contribution in [0.2, 0.25) is 0 Å². The standard InChI is InChI=1S/C40H56O25S2/c1-12-66-67-40-37(60-25(11)50)34(57-22(8)47)31(28(63-40)15-53-18(4)43)65-39-36(59-24(10)49)33(56-21(7)46)30(27(62-39)14-52-17(3)42)64-38-35(58-23(9)48)32(55-20(6)45)29(54-19(5)44)26(61-38)13-51-16(2)41/h26-40H,12-15H2,1-11H3/t26-,27-,28-,29-,30-,31+,32+,33+,34+,35-,36-,37-,38-,39-,40+/m1/s1. The minimum Gasteiger partial charge on any atom is -0.463 e. The molecule has 0 saturated carbocycles. The maximum atomic E-state index is 13.0. The zero-order chi connectivity index (χ0) is 50.3. The second-order valence-electron chi connectivity index (χ2n) is 14.8. The van der Waals surface area contributed by atoms with E-state index in [9.17, 15) is 47.9 Å². The molecule has 3 aliphatic heterocycles. The van der Waals surface area contributed by atoms with Crippen LogP contribution in [0.1, 0.15) is 76.2 Å². The van der Waals surface area contributed by atoms with Crippen LogP contribution < -0.4 is 0 Å². The second kappa shape index (κ2) is 26.7. The number of esters is 10. The summed E-state index contributed by atoms with van der Waals surface area (Å²) in [4.78, 5) is 125. The second-order valence-corrected chi connectivity index (χ2v) is 17.5. The van der Waals surface area contributed by atoms with Crippen molar-refractivity contribution in [2.75, 3.05) is 25.6 Å². The topological polar surface area (TPSA) is 309 Å². The first-order chi connectivity index (χ1) is 31.4. The van der Waals surface area contributed by atoms with Crippen LogP contribution in [0.3, 0.4) is 0 Å². The zero-order valence-corrected chi connectivity index (χ0v) is 40.1. The molecule has 0 radical (unpaired) electrons. The zero-order valence-electron chi connectivity index (χ0n) is 38.5. The van der Waals surface area contributed by atoms with Gasteiger partial charge in [-0.25, -0.2) is 0 Å². The Hall–Kier alpha value is -4.80. The first-order valence-electron chi connectivity index (χ1n) is 20.6. The Bertz CT molecular complexity index is 1790. The van der Waals surface area contributed by atoms with E-state index in [1.54, 1.807) is 0 Å². The lowest BCUT2D eigenvalue weighted by Crippen LogP contribution is -2.68. The predicted molar refractivity (Wildman–Crippen MR) is 220 cm³/mol. The molecule has 0 aromatic heterocycles. The van der Waals surface area contributed by atoms with E-state index in [-0.39, 0.29) is 0 Å². The fourth-order valence-corrected chi connectivity index (χ4v) is 9.02. The molecule has 0 N–H and O–H groups in total. The maximum absolute atomic E-state index is 13.0. The minimum absolute atomic E-state index is 0.548. The highest BCUT2D eigenvalue weighted by Crippen LogP contribution is 2.41. The van der Waals surface area contributed by atoms with E-state index in [2.05, 4.69) is 0 Å². The molecule has 0 unspecified atom stereocenters. The molecule has 378 valence electrons. The summed E-state index contributed by atoms with van der Waals surface area (Å²) in [5, 5.41) is 0. The van der Waals surface area contributed by atoms with E-state index in [0.29, 0.717) is 5.75 Å². The third kappa shape index (κ3) is 17.7. The van der Waals surface area contributed by atoms with Crippen LogP contribution in [0, 0.1) is 0 Å². The van der Waals surface area contributed by atoms with Crippen LogP contribution in [-0.2, 0) is 119 Å². The molecule has 0 amide bonds. The van der Waals surface area contributed by atoms with Crippen molar-refractivity contribution in [1.29, 1.82) is 0 Å². The van der Waals surface area contributed by atoms with Crippen molar-refractivity contribution in [1.82, 2.24) is 0 Å². The third-order valence-electron chi connectivity index (χ3n) is 9.10. The average Bonchev–Trinajstić information content (AvgIpc) is 3.19. The molecule has 0 spiro atoms. The monoisotopic (exact) mass is 1000 g/mol. The number of hydrogen-bond donors (Lipinski definition) is 0. The van der Waals surface area contributed by atoms with Gasteiger partial charge in [0, 0.05) is 75.0 Å². The lowest BCUT2D eigenvalue weighted by Gasteiger charge is -2.50. The Morgan fingerprint density at radius 2 is 0.642 bits per heavy atom. The quantitative estimate of drug-likeness (QED) is 0.0913. The Morgan fingerprint density at radius 3 is 0.985 bits per heavy atom. The van der Waals surface area contributed by atoms with Crippen molar-refractivity contribution in [2.45, 2.75) is 167 Å². The number of rotatable bonds is 20. The summed E-state index contributed by atoms with van der Waals surface area (Å²) in [5.41, 5.74) is -1.07. The van der Waals surface area contributed by atoms with Crippen LogP contribution in [0.5, 0.6) is 0 Å². The summed E-state index contributed by atoms with van der Waals surface area (Å²) in [7, 11) is 2.41. The summed E-state index contributed by atoms with van der Waals surface area (Å²) in [5.74, 6) is -8.55. The van der Waals surface area contributed by atoms with Crippen molar-refractivity contribution in [2.24, 2.45) is 0 Å².